The number of carboxylic acid groups (broad SMARTS) is 1. The number of rotatable bonds is 5. The normalized spacial score (nSPS) is 12.4. The summed E-state index contributed by atoms with van der Waals surface area (Å²) >= 11 is 0. The zero-order valence-corrected chi connectivity index (χ0v) is 8.74. The molecule has 0 bridgehead atoms. The van der Waals surface area contributed by atoms with E-state index in [0.717, 1.165) is 11.1 Å². The van der Waals surface area contributed by atoms with E-state index in [0.29, 0.717) is 12.8 Å². The Hall–Kier alpha value is -1.38. The third-order valence-corrected chi connectivity index (χ3v) is 2.49. The molecule has 0 aliphatic heterocycles. The number of alkyl halides is 1. The van der Waals surface area contributed by atoms with E-state index in [1.807, 2.05) is 25.1 Å². The molecule has 0 heterocycles. The fraction of sp³-hybridized carbons (Fsp3) is 0.417. The van der Waals surface area contributed by atoms with Gasteiger partial charge >= 0.3 is 5.97 Å². The number of aliphatic carboxylic acids is 1. The molecule has 1 aromatic rings. The summed E-state index contributed by atoms with van der Waals surface area (Å²) in [6, 6.07) is 7.35. The second-order valence-electron chi connectivity index (χ2n) is 3.58. The van der Waals surface area contributed by atoms with Crippen molar-refractivity contribution in [2.24, 2.45) is 0 Å². The standard InChI is InChI=1S/C12H15FO2/c1-9-5-2-3-6-10(9)11(12(14)15)7-4-8-13/h2-3,5-6,11H,4,7-8H2,1H3,(H,14,15). The topological polar surface area (TPSA) is 37.3 Å². The Morgan fingerprint density at radius 2 is 2.13 bits per heavy atom. The summed E-state index contributed by atoms with van der Waals surface area (Å²) in [7, 11) is 0. The molecule has 1 rings (SSSR count). The Morgan fingerprint density at radius 1 is 1.47 bits per heavy atom. The van der Waals surface area contributed by atoms with Gasteiger partial charge in [0, 0.05) is 0 Å². The highest BCUT2D eigenvalue weighted by Gasteiger charge is 2.20. The van der Waals surface area contributed by atoms with Crippen molar-refractivity contribution < 1.29 is 14.3 Å². The fourth-order valence-electron chi connectivity index (χ4n) is 1.67. The monoisotopic (exact) mass is 210 g/mol. The molecule has 2 nitrogen and oxygen atoms in total. The molecular weight excluding hydrogens is 195 g/mol. The van der Waals surface area contributed by atoms with Crippen LogP contribution in [0.15, 0.2) is 24.3 Å². The van der Waals surface area contributed by atoms with Crippen LogP contribution in [0.2, 0.25) is 0 Å². The summed E-state index contributed by atoms with van der Waals surface area (Å²) in [4.78, 5) is 11.0. The molecule has 0 radical (unpaired) electrons. The average Bonchev–Trinajstić information content (AvgIpc) is 2.20. The quantitative estimate of drug-likeness (QED) is 0.811. The largest absolute Gasteiger partial charge is 0.481 e. The zero-order valence-electron chi connectivity index (χ0n) is 8.74. The first-order chi connectivity index (χ1) is 7.16. The van der Waals surface area contributed by atoms with E-state index in [9.17, 15) is 9.18 Å². The molecular formula is C12H15FO2. The lowest BCUT2D eigenvalue weighted by molar-refractivity contribution is -0.139. The smallest absolute Gasteiger partial charge is 0.310 e. The molecule has 0 amide bonds. The molecule has 82 valence electrons. The van der Waals surface area contributed by atoms with E-state index in [2.05, 4.69) is 0 Å². The minimum Gasteiger partial charge on any atom is -0.481 e. The molecule has 0 aliphatic carbocycles. The Balaban J connectivity index is 2.89. The number of benzene rings is 1. The van der Waals surface area contributed by atoms with Crippen LogP contribution in [-0.4, -0.2) is 17.8 Å². The zero-order chi connectivity index (χ0) is 11.3. The van der Waals surface area contributed by atoms with Gasteiger partial charge in [0.05, 0.1) is 12.6 Å². The predicted octanol–water partition coefficient (Wildman–Crippen LogP) is 2.91. The van der Waals surface area contributed by atoms with Crippen LogP contribution in [0.1, 0.15) is 29.9 Å². The van der Waals surface area contributed by atoms with E-state index in [-0.39, 0.29) is 0 Å². The number of hydrogen-bond acceptors (Lipinski definition) is 1. The molecule has 0 saturated heterocycles. The maximum atomic E-state index is 12.0. The first kappa shape index (κ1) is 11.7. The summed E-state index contributed by atoms with van der Waals surface area (Å²) in [5.74, 6) is -1.46. The van der Waals surface area contributed by atoms with Gasteiger partial charge in [-0.2, -0.15) is 0 Å². The van der Waals surface area contributed by atoms with Crippen molar-refractivity contribution in [2.75, 3.05) is 6.67 Å². The van der Waals surface area contributed by atoms with E-state index < -0.39 is 18.6 Å². The van der Waals surface area contributed by atoms with Crippen LogP contribution in [0.5, 0.6) is 0 Å². The van der Waals surface area contributed by atoms with Crippen molar-refractivity contribution in [3.05, 3.63) is 35.4 Å². The van der Waals surface area contributed by atoms with Gasteiger partial charge in [-0.3, -0.25) is 9.18 Å². The van der Waals surface area contributed by atoms with Gasteiger partial charge in [0.25, 0.3) is 0 Å². The lowest BCUT2D eigenvalue weighted by atomic mass is 9.91. The minimum atomic E-state index is -0.877. The second kappa shape index (κ2) is 5.49. The van der Waals surface area contributed by atoms with Gasteiger partial charge in [0.1, 0.15) is 0 Å². The van der Waals surface area contributed by atoms with Crippen molar-refractivity contribution in [3.63, 3.8) is 0 Å². The second-order valence-corrected chi connectivity index (χ2v) is 3.58. The summed E-state index contributed by atoms with van der Waals surface area (Å²) in [6.07, 6.45) is 0.655. The molecule has 1 aromatic carbocycles. The third kappa shape index (κ3) is 3.05. The summed E-state index contributed by atoms with van der Waals surface area (Å²) in [5, 5.41) is 9.06. The lowest BCUT2D eigenvalue weighted by Gasteiger charge is -2.14. The molecule has 0 aliphatic rings. The molecule has 1 N–H and O–H groups in total. The Kier molecular flexibility index (Phi) is 4.28. The number of hydrogen-bond donors (Lipinski definition) is 1. The predicted molar refractivity (Wildman–Crippen MR) is 56.8 cm³/mol. The summed E-state index contributed by atoms with van der Waals surface area (Å²) in [5.41, 5.74) is 1.74. The van der Waals surface area contributed by atoms with Crippen molar-refractivity contribution in [1.29, 1.82) is 0 Å². The van der Waals surface area contributed by atoms with Crippen LogP contribution in [0, 0.1) is 6.92 Å². The molecule has 15 heavy (non-hydrogen) atoms. The number of carbonyl (C=O) groups is 1. The van der Waals surface area contributed by atoms with Crippen LogP contribution in [0.4, 0.5) is 4.39 Å². The van der Waals surface area contributed by atoms with Crippen molar-refractivity contribution >= 4 is 5.97 Å². The van der Waals surface area contributed by atoms with Crippen LogP contribution < -0.4 is 0 Å². The van der Waals surface area contributed by atoms with Crippen LogP contribution in [0.25, 0.3) is 0 Å². The SMILES string of the molecule is Cc1ccccc1C(CCCF)C(=O)O. The molecule has 1 atom stereocenters. The van der Waals surface area contributed by atoms with Gasteiger partial charge in [-0.15, -0.1) is 0 Å². The summed E-state index contributed by atoms with van der Waals surface area (Å²) < 4.78 is 12.0. The molecule has 3 heteroatoms. The Labute approximate surface area is 88.7 Å². The Bertz CT molecular complexity index is 336. The molecule has 0 fully saturated rings. The highest BCUT2D eigenvalue weighted by Crippen LogP contribution is 2.24. The molecule has 1 unspecified atom stereocenters. The molecule has 0 saturated carbocycles. The third-order valence-electron chi connectivity index (χ3n) is 2.49. The maximum absolute atomic E-state index is 12.0. The van der Waals surface area contributed by atoms with Gasteiger partial charge < -0.3 is 5.11 Å². The van der Waals surface area contributed by atoms with Gasteiger partial charge in [-0.05, 0) is 30.9 Å². The average molecular weight is 210 g/mol. The first-order valence-corrected chi connectivity index (χ1v) is 5.01. The lowest BCUT2D eigenvalue weighted by Crippen LogP contribution is -2.13. The van der Waals surface area contributed by atoms with Gasteiger partial charge in [0.2, 0.25) is 0 Å². The van der Waals surface area contributed by atoms with Crippen LogP contribution in [-0.2, 0) is 4.79 Å². The van der Waals surface area contributed by atoms with E-state index in [1.54, 1.807) is 6.07 Å². The van der Waals surface area contributed by atoms with Crippen LogP contribution in [0.3, 0.4) is 0 Å². The minimum absolute atomic E-state index is 0.297. The molecule has 0 spiro atoms. The van der Waals surface area contributed by atoms with E-state index in [4.69, 9.17) is 5.11 Å². The van der Waals surface area contributed by atoms with Gasteiger partial charge in [-0.1, -0.05) is 24.3 Å². The van der Waals surface area contributed by atoms with E-state index >= 15 is 0 Å². The number of aryl methyl sites for hydroxylation is 1. The van der Waals surface area contributed by atoms with Crippen LogP contribution >= 0.6 is 0 Å². The first-order valence-electron chi connectivity index (χ1n) is 5.01. The van der Waals surface area contributed by atoms with Crippen molar-refractivity contribution in [1.82, 2.24) is 0 Å². The maximum Gasteiger partial charge on any atom is 0.310 e. The molecule has 0 aromatic heterocycles. The number of carboxylic acids is 1. The highest BCUT2D eigenvalue weighted by atomic mass is 19.1. The van der Waals surface area contributed by atoms with Crippen molar-refractivity contribution in [2.45, 2.75) is 25.7 Å². The van der Waals surface area contributed by atoms with E-state index in [1.165, 1.54) is 0 Å². The number of halogens is 1. The summed E-state index contributed by atoms with van der Waals surface area (Å²) in [6.45, 7) is 1.41. The fourth-order valence-corrected chi connectivity index (χ4v) is 1.67. The van der Waals surface area contributed by atoms with Gasteiger partial charge in [0.15, 0.2) is 0 Å². The van der Waals surface area contributed by atoms with Crippen molar-refractivity contribution in [3.8, 4) is 0 Å². The van der Waals surface area contributed by atoms with Gasteiger partial charge in [-0.25, -0.2) is 0 Å². The highest BCUT2D eigenvalue weighted by molar-refractivity contribution is 5.76. The Morgan fingerprint density at radius 3 is 2.67 bits per heavy atom.